The van der Waals surface area contributed by atoms with E-state index in [-0.39, 0.29) is 18.2 Å². The average molecular weight is 547 g/mol. The number of aromatic hydroxyl groups is 1. The van der Waals surface area contributed by atoms with Gasteiger partial charge in [0.05, 0.1) is 12.1 Å². The number of fused-ring (bicyclic) bond motifs is 1. The number of benzene rings is 3. The smallest absolute Gasteiger partial charge is 0.302 e. The number of carbonyl (C=O) groups excluding carboxylic acids is 1. The molecule has 1 amide bonds. The molecule has 0 bridgehead atoms. The molecule has 33 heavy (non-hydrogen) atoms. The summed E-state index contributed by atoms with van der Waals surface area (Å²) >= 11 is 15.4. The molecule has 0 spiro atoms. The molecule has 0 aliphatic rings. The Morgan fingerprint density at radius 1 is 1.09 bits per heavy atom. The van der Waals surface area contributed by atoms with Gasteiger partial charge in [0, 0.05) is 19.9 Å². The first-order chi connectivity index (χ1) is 15.8. The van der Waals surface area contributed by atoms with Gasteiger partial charge in [-0.1, -0.05) is 51.3 Å². The molecule has 6 nitrogen and oxygen atoms in total. The second-order valence-corrected chi connectivity index (χ2v) is 9.10. The highest BCUT2D eigenvalue weighted by atomic mass is 79.9. The zero-order valence-electron chi connectivity index (χ0n) is 17.4. The number of aryl methyl sites for hydroxylation is 1. The minimum atomic E-state index is -0.587. The Morgan fingerprint density at radius 3 is 2.58 bits per heavy atom. The van der Waals surface area contributed by atoms with Gasteiger partial charge < -0.3 is 14.4 Å². The molecule has 1 heterocycles. The van der Waals surface area contributed by atoms with Gasteiger partial charge in [-0.2, -0.15) is 0 Å². The van der Waals surface area contributed by atoms with Gasteiger partial charge in [-0.05, 0) is 66.6 Å². The van der Waals surface area contributed by atoms with Crippen LogP contribution in [0.4, 0.5) is 5.69 Å². The predicted octanol–water partition coefficient (Wildman–Crippen LogP) is 7.46. The van der Waals surface area contributed by atoms with Crippen LogP contribution < -0.4 is 4.74 Å². The minimum Gasteiger partial charge on any atom is -0.493 e. The van der Waals surface area contributed by atoms with Gasteiger partial charge >= 0.3 is 5.91 Å². The molecule has 0 unspecified atom stereocenters. The second-order valence-electron chi connectivity index (χ2n) is 7.34. The van der Waals surface area contributed by atoms with Crippen molar-refractivity contribution in [2.24, 2.45) is 10.2 Å². The Labute approximate surface area is 208 Å². The van der Waals surface area contributed by atoms with Crippen molar-refractivity contribution in [1.29, 1.82) is 0 Å². The van der Waals surface area contributed by atoms with Crippen molar-refractivity contribution >= 4 is 61.6 Å². The van der Waals surface area contributed by atoms with Crippen molar-refractivity contribution in [3.05, 3.63) is 86.3 Å². The van der Waals surface area contributed by atoms with E-state index in [2.05, 4.69) is 26.2 Å². The summed E-state index contributed by atoms with van der Waals surface area (Å²) in [7, 11) is 0. The van der Waals surface area contributed by atoms with Crippen molar-refractivity contribution in [2.45, 2.75) is 13.5 Å². The third-order valence-corrected chi connectivity index (χ3v) is 6.15. The quantitative estimate of drug-likeness (QED) is 0.255. The number of nitrogens with zero attached hydrogens (tertiary/aromatic N) is 3. The van der Waals surface area contributed by atoms with Crippen LogP contribution >= 0.6 is 39.1 Å². The highest BCUT2D eigenvalue weighted by Crippen LogP contribution is 2.40. The summed E-state index contributed by atoms with van der Waals surface area (Å²) in [4.78, 5) is 12.3. The molecule has 0 aliphatic carbocycles. The molecule has 0 saturated carbocycles. The SMILES string of the molecule is Cc1cc(OCC(=O)N=Nc2c(O)n(Cc3ccc(Cl)cc3)c3ccc(Br)cc23)ccc1Cl. The largest absolute Gasteiger partial charge is 0.493 e. The molecule has 0 aliphatic heterocycles. The lowest BCUT2D eigenvalue weighted by Crippen LogP contribution is -2.07. The number of rotatable bonds is 6. The Bertz CT molecular complexity index is 1370. The zero-order valence-corrected chi connectivity index (χ0v) is 20.5. The van der Waals surface area contributed by atoms with E-state index in [0.29, 0.717) is 27.7 Å². The fourth-order valence-corrected chi connectivity index (χ4v) is 3.92. The third-order valence-electron chi connectivity index (χ3n) is 4.98. The first-order valence-corrected chi connectivity index (χ1v) is 11.5. The average Bonchev–Trinajstić information content (AvgIpc) is 3.04. The van der Waals surface area contributed by atoms with Crippen LogP contribution in [0.3, 0.4) is 0 Å². The second kappa shape index (κ2) is 9.95. The van der Waals surface area contributed by atoms with Crippen LogP contribution in [0, 0.1) is 6.92 Å². The highest BCUT2D eigenvalue weighted by molar-refractivity contribution is 9.10. The predicted molar refractivity (Wildman–Crippen MR) is 133 cm³/mol. The summed E-state index contributed by atoms with van der Waals surface area (Å²) in [6.07, 6.45) is 0. The zero-order chi connectivity index (χ0) is 23.5. The molecule has 0 saturated heterocycles. The van der Waals surface area contributed by atoms with Crippen molar-refractivity contribution in [3.63, 3.8) is 0 Å². The van der Waals surface area contributed by atoms with Gasteiger partial charge in [0.2, 0.25) is 5.88 Å². The number of aromatic nitrogens is 1. The normalized spacial score (nSPS) is 11.4. The summed E-state index contributed by atoms with van der Waals surface area (Å²) in [6, 6.07) is 18.0. The maximum atomic E-state index is 12.3. The van der Waals surface area contributed by atoms with E-state index >= 15 is 0 Å². The molecule has 1 N–H and O–H groups in total. The molecule has 4 rings (SSSR count). The lowest BCUT2D eigenvalue weighted by atomic mass is 10.2. The van der Waals surface area contributed by atoms with Gasteiger partial charge in [0.15, 0.2) is 12.3 Å². The number of ether oxygens (including phenoxy) is 1. The Kier molecular flexibility index (Phi) is 7.02. The van der Waals surface area contributed by atoms with E-state index in [0.717, 1.165) is 21.1 Å². The number of amides is 1. The summed E-state index contributed by atoms with van der Waals surface area (Å²) in [5.41, 5.74) is 2.74. The van der Waals surface area contributed by atoms with Crippen molar-refractivity contribution in [2.75, 3.05) is 6.61 Å². The fourth-order valence-electron chi connectivity index (χ4n) is 3.31. The van der Waals surface area contributed by atoms with Crippen LogP contribution in [0.25, 0.3) is 10.9 Å². The summed E-state index contributed by atoms with van der Waals surface area (Å²) < 4.78 is 7.99. The molecule has 168 valence electrons. The van der Waals surface area contributed by atoms with E-state index in [1.807, 2.05) is 37.3 Å². The number of azo groups is 1. The number of carbonyl (C=O) groups is 1. The minimum absolute atomic E-state index is 0.0937. The van der Waals surface area contributed by atoms with Crippen LogP contribution in [0.2, 0.25) is 10.0 Å². The van der Waals surface area contributed by atoms with Gasteiger partial charge in [0.25, 0.3) is 0 Å². The highest BCUT2D eigenvalue weighted by Gasteiger charge is 2.18. The summed E-state index contributed by atoms with van der Waals surface area (Å²) in [5.74, 6) is -0.175. The summed E-state index contributed by atoms with van der Waals surface area (Å²) in [5, 5.41) is 20.6. The van der Waals surface area contributed by atoms with Gasteiger partial charge in [-0.15, -0.1) is 10.2 Å². The van der Waals surface area contributed by atoms with E-state index in [9.17, 15) is 9.90 Å². The monoisotopic (exact) mass is 545 g/mol. The van der Waals surface area contributed by atoms with Crippen molar-refractivity contribution in [3.8, 4) is 11.6 Å². The maximum Gasteiger partial charge on any atom is 0.302 e. The molecule has 0 fully saturated rings. The van der Waals surface area contributed by atoms with Crippen LogP contribution in [0.15, 0.2) is 75.4 Å². The van der Waals surface area contributed by atoms with Crippen molar-refractivity contribution in [1.82, 2.24) is 4.57 Å². The van der Waals surface area contributed by atoms with Crippen LogP contribution in [0.1, 0.15) is 11.1 Å². The van der Waals surface area contributed by atoms with Crippen LogP contribution in [0.5, 0.6) is 11.6 Å². The fraction of sp³-hybridized carbons (Fsp3) is 0.125. The number of hydrogen-bond donors (Lipinski definition) is 1. The van der Waals surface area contributed by atoms with Crippen LogP contribution in [-0.4, -0.2) is 22.2 Å². The van der Waals surface area contributed by atoms with E-state index < -0.39 is 5.91 Å². The van der Waals surface area contributed by atoms with Crippen LogP contribution in [-0.2, 0) is 11.3 Å². The molecule has 9 heteroatoms. The van der Waals surface area contributed by atoms with E-state index in [4.69, 9.17) is 27.9 Å². The molecule has 1 aromatic heterocycles. The molecule has 0 atom stereocenters. The number of halogens is 3. The Morgan fingerprint density at radius 2 is 1.85 bits per heavy atom. The topological polar surface area (TPSA) is 76.2 Å². The molecule has 0 radical (unpaired) electrons. The molecule has 4 aromatic rings. The van der Waals surface area contributed by atoms with Crippen molar-refractivity contribution < 1.29 is 14.6 Å². The molecular weight excluding hydrogens is 529 g/mol. The van der Waals surface area contributed by atoms with E-state index in [1.165, 1.54) is 0 Å². The van der Waals surface area contributed by atoms with E-state index in [1.54, 1.807) is 34.9 Å². The lowest BCUT2D eigenvalue weighted by Gasteiger charge is -2.07. The number of hydrogen-bond acceptors (Lipinski definition) is 4. The maximum absolute atomic E-state index is 12.3. The van der Waals surface area contributed by atoms with Gasteiger partial charge in [-0.3, -0.25) is 4.79 Å². The third kappa shape index (κ3) is 5.38. The Balaban J connectivity index is 1.58. The van der Waals surface area contributed by atoms with Gasteiger partial charge in [0.1, 0.15) is 5.75 Å². The lowest BCUT2D eigenvalue weighted by molar-refractivity contribution is -0.120. The molecular formula is C24H18BrCl2N3O3. The van der Waals surface area contributed by atoms with Gasteiger partial charge in [-0.25, -0.2) is 0 Å². The standard InChI is InChI=1S/C24H18BrCl2N3O3/c1-14-10-18(7-8-20(14)27)33-13-22(31)28-29-23-19-11-16(25)4-9-21(19)30(24(23)32)12-15-2-5-17(26)6-3-15/h2-11,32H,12-13H2,1H3. The summed E-state index contributed by atoms with van der Waals surface area (Å²) in [6.45, 7) is 1.94. The molecule has 3 aromatic carbocycles. The first kappa shape index (κ1) is 23.3. The first-order valence-electron chi connectivity index (χ1n) is 9.90. The Hall–Kier alpha value is -2.87.